The summed E-state index contributed by atoms with van der Waals surface area (Å²) >= 11 is 1.46. The first-order valence-electron chi connectivity index (χ1n) is 7.28. The van der Waals surface area contributed by atoms with Gasteiger partial charge in [-0.25, -0.2) is 0 Å². The summed E-state index contributed by atoms with van der Waals surface area (Å²) in [5, 5.41) is 12.6. The molecule has 0 bridgehead atoms. The number of carbonyl (C=O) groups excluding carboxylic acids is 1. The second-order valence-electron chi connectivity index (χ2n) is 5.33. The number of nitrogens with one attached hydrogen (secondary N) is 1. The minimum atomic E-state index is -0.315. The molecule has 2 aliphatic heterocycles. The lowest BCUT2D eigenvalue weighted by atomic mass is 10.1. The van der Waals surface area contributed by atoms with E-state index in [0.717, 1.165) is 37.5 Å². The molecule has 0 saturated carbocycles. The SMILES string of the molecule is O=C(Nc1nnc(CN2CCCCC2)s1)C1CCCO1. The molecule has 110 valence electrons. The maximum atomic E-state index is 11.9. The van der Waals surface area contributed by atoms with Crippen molar-refractivity contribution in [2.45, 2.75) is 44.8 Å². The fourth-order valence-corrected chi connectivity index (χ4v) is 3.43. The van der Waals surface area contributed by atoms with E-state index >= 15 is 0 Å². The van der Waals surface area contributed by atoms with Crippen LogP contribution in [0.5, 0.6) is 0 Å². The zero-order valence-corrected chi connectivity index (χ0v) is 12.3. The molecule has 6 nitrogen and oxygen atoms in total. The van der Waals surface area contributed by atoms with Crippen LogP contribution in [0.4, 0.5) is 5.13 Å². The summed E-state index contributed by atoms with van der Waals surface area (Å²) < 4.78 is 5.35. The van der Waals surface area contributed by atoms with Gasteiger partial charge in [0.1, 0.15) is 11.1 Å². The topological polar surface area (TPSA) is 67.4 Å². The number of piperidine rings is 1. The van der Waals surface area contributed by atoms with Crippen molar-refractivity contribution in [3.8, 4) is 0 Å². The molecule has 1 aromatic rings. The van der Waals surface area contributed by atoms with E-state index in [0.29, 0.717) is 11.7 Å². The highest BCUT2D eigenvalue weighted by Crippen LogP contribution is 2.20. The van der Waals surface area contributed by atoms with Gasteiger partial charge in [0.2, 0.25) is 5.13 Å². The summed E-state index contributed by atoms with van der Waals surface area (Å²) in [6.45, 7) is 3.79. The first-order chi connectivity index (χ1) is 9.81. The van der Waals surface area contributed by atoms with E-state index in [4.69, 9.17) is 4.74 Å². The minimum Gasteiger partial charge on any atom is -0.368 e. The molecule has 0 aliphatic carbocycles. The lowest BCUT2D eigenvalue weighted by Gasteiger charge is -2.24. The molecule has 1 N–H and O–H groups in total. The highest BCUT2D eigenvalue weighted by Gasteiger charge is 2.24. The largest absolute Gasteiger partial charge is 0.368 e. The predicted molar refractivity (Wildman–Crippen MR) is 76.6 cm³/mol. The lowest BCUT2D eigenvalue weighted by molar-refractivity contribution is -0.124. The molecule has 1 amide bonds. The zero-order valence-electron chi connectivity index (χ0n) is 11.5. The van der Waals surface area contributed by atoms with Crippen molar-refractivity contribution in [2.75, 3.05) is 25.0 Å². The van der Waals surface area contributed by atoms with Gasteiger partial charge in [-0.2, -0.15) is 0 Å². The smallest absolute Gasteiger partial charge is 0.255 e. The molecule has 3 rings (SSSR count). The van der Waals surface area contributed by atoms with Crippen molar-refractivity contribution in [2.24, 2.45) is 0 Å². The van der Waals surface area contributed by atoms with E-state index in [9.17, 15) is 4.79 Å². The Morgan fingerprint density at radius 1 is 1.30 bits per heavy atom. The first-order valence-corrected chi connectivity index (χ1v) is 8.10. The minimum absolute atomic E-state index is 0.0943. The van der Waals surface area contributed by atoms with Gasteiger partial charge in [-0.15, -0.1) is 10.2 Å². The molecule has 2 saturated heterocycles. The number of amides is 1. The molecule has 1 unspecified atom stereocenters. The third-order valence-corrected chi connectivity index (χ3v) is 4.55. The van der Waals surface area contributed by atoms with E-state index in [-0.39, 0.29) is 12.0 Å². The molecule has 7 heteroatoms. The van der Waals surface area contributed by atoms with E-state index in [1.165, 1.54) is 30.6 Å². The Bertz CT molecular complexity index is 453. The quantitative estimate of drug-likeness (QED) is 0.915. The maximum Gasteiger partial charge on any atom is 0.255 e. The van der Waals surface area contributed by atoms with E-state index in [1.807, 2.05) is 0 Å². The Balaban J connectivity index is 1.52. The van der Waals surface area contributed by atoms with Gasteiger partial charge < -0.3 is 4.74 Å². The number of rotatable bonds is 4. The Kier molecular flexibility index (Phi) is 4.59. The van der Waals surface area contributed by atoms with Crippen LogP contribution in [0.3, 0.4) is 0 Å². The van der Waals surface area contributed by atoms with Crippen LogP contribution in [0, 0.1) is 0 Å². The van der Waals surface area contributed by atoms with E-state index in [1.54, 1.807) is 0 Å². The molecule has 2 fully saturated rings. The molecule has 1 atom stereocenters. The predicted octanol–water partition coefficient (Wildman–Crippen LogP) is 1.64. The zero-order chi connectivity index (χ0) is 13.8. The van der Waals surface area contributed by atoms with Crippen LogP contribution in [0.25, 0.3) is 0 Å². The van der Waals surface area contributed by atoms with Crippen molar-refractivity contribution < 1.29 is 9.53 Å². The van der Waals surface area contributed by atoms with Gasteiger partial charge >= 0.3 is 0 Å². The average Bonchev–Trinajstić information content (AvgIpc) is 3.11. The number of carbonyl (C=O) groups is 1. The molecule has 1 aromatic heterocycles. The van der Waals surface area contributed by atoms with Crippen LogP contribution in [0.15, 0.2) is 0 Å². The van der Waals surface area contributed by atoms with Gasteiger partial charge in [0, 0.05) is 6.61 Å². The molecular weight excluding hydrogens is 276 g/mol. The molecule has 0 spiro atoms. The van der Waals surface area contributed by atoms with Gasteiger partial charge in [-0.3, -0.25) is 15.0 Å². The van der Waals surface area contributed by atoms with Crippen LogP contribution in [-0.4, -0.2) is 46.8 Å². The van der Waals surface area contributed by atoms with Gasteiger partial charge in [-0.1, -0.05) is 17.8 Å². The molecule has 20 heavy (non-hydrogen) atoms. The summed E-state index contributed by atoms with van der Waals surface area (Å²) in [6, 6.07) is 0. The third kappa shape index (κ3) is 3.53. The standard InChI is InChI=1S/C13H20N4O2S/c18-12(10-5-4-8-19-10)14-13-16-15-11(20-13)9-17-6-2-1-3-7-17/h10H,1-9H2,(H,14,16,18). The normalized spacial score (nSPS) is 23.9. The number of anilines is 1. The molecule has 0 radical (unpaired) electrons. The number of hydrogen-bond donors (Lipinski definition) is 1. The van der Waals surface area contributed by atoms with Gasteiger partial charge in [0.15, 0.2) is 0 Å². The van der Waals surface area contributed by atoms with Crippen molar-refractivity contribution in [3.63, 3.8) is 0 Å². The van der Waals surface area contributed by atoms with Crippen LogP contribution >= 0.6 is 11.3 Å². The Labute approximate surface area is 122 Å². The van der Waals surface area contributed by atoms with Gasteiger partial charge in [0.05, 0.1) is 6.54 Å². The van der Waals surface area contributed by atoms with Crippen molar-refractivity contribution in [1.29, 1.82) is 0 Å². The molecule has 0 aromatic carbocycles. The number of hydrogen-bond acceptors (Lipinski definition) is 6. The maximum absolute atomic E-state index is 11.9. The first kappa shape index (κ1) is 13.9. The van der Waals surface area contributed by atoms with Gasteiger partial charge in [-0.05, 0) is 38.8 Å². The Morgan fingerprint density at radius 2 is 2.15 bits per heavy atom. The fraction of sp³-hybridized carbons (Fsp3) is 0.769. The van der Waals surface area contributed by atoms with Crippen molar-refractivity contribution in [1.82, 2.24) is 15.1 Å². The number of ether oxygens (including phenoxy) is 1. The lowest BCUT2D eigenvalue weighted by Crippen LogP contribution is -2.29. The number of nitrogens with zero attached hydrogens (tertiary/aromatic N) is 3. The summed E-state index contributed by atoms with van der Waals surface area (Å²) in [5.74, 6) is -0.0943. The van der Waals surface area contributed by atoms with E-state index < -0.39 is 0 Å². The Hall–Kier alpha value is -1.05. The highest BCUT2D eigenvalue weighted by molar-refractivity contribution is 7.15. The molecule has 2 aliphatic rings. The summed E-state index contributed by atoms with van der Waals surface area (Å²) in [4.78, 5) is 14.3. The van der Waals surface area contributed by atoms with Crippen LogP contribution < -0.4 is 5.32 Å². The molecular formula is C13H20N4O2S. The van der Waals surface area contributed by atoms with Crippen LogP contribution in [0.2, 0.25) is 0 Å². The Morgan fingerprint density at radius 3 is 2.90 bits per heavy atom. The van der Waals surface area contributed by atoms with Crippen molar-refractivity contribution in [3.05, 3.63) is 5.01 Å². The average molecular weight is 296 g/mol. The second-order valence-corrected chi connectivity index (χ2v) is 6.39. The number of aromatic nitrogens is 2. The fourth-order valence-electron chi connectivity index (χ4n) is 2.65. The van der Waals surface area contributed by atoms with Gasteiger partial charge in [0.25, 0.3) is 5.91 Å². The monoisotopic (exact) mass is 296 g/mol. The van der Waals surface area contributed by atoms with Crippen LogP contribution in [0.1, 0.15) is 37.1 Å². The van der Waals surface area contributed by atoms with Crippen LogP contribution in [-0.2, 0) is 16.1 Å². The summed E-state index contributed by atoms with van der Waals surface area (Å²) in [6.07, 6.45) is 5.29. The summed E-state index contributed by atoms with van der Waals surface area (Å²) in [7, 11) is 0. The molecule has 3 heterocycles. The highest BCUT2D eigenvalue weighted by atomic mass is 32.1. The second kappa shape index (κ2) is 6.60. The summed E-state index contributed by atoms with van der Waals surface area (Å²) in [5.41, 5.74) is 0. The number of likely N-dealkylation sites (tertiary alicyclic amines) is 1. The van der Waals surface area contributed by atoms with E-state index in [2.05, 4.69) is 20.4 Å². The third-order valence-electron chi connectivity index (χ3n) is 3.73. The van der Waals surface area contributed by atoms with Crippen molar-refractivity contribution >= 4 is 22.4 Å².